The molecule has 2 aromatic rings. The molecule has 0 bridgehead atoms. The third kappa shape index (κ3) is 5.13. The second-order valence-electron chi connectivity index (χ2n) is 7.93. The van der Waals surface area contributed by atoms with Gasteiger partial charge in [0, 0.05) is 44.0 Å². The molecule has 1 unspecified atom stereocenters. The number of nitrogens with zero attached hydrogens (tertiary/aromatic N) is 4. The van der Waals surface area contributed by atoms with Crippen molar-refractivity contribution in [3.05, 3.63) is 51.3 Å². The number of non-ortho nitro benzene ring substituents is 1. The highest BCUT2D eigenvalue weighted by atomic mass is 16.6. The van der Waals surface area contributed by atoms with E-state index in [9.17, 15) is 14.9 Å². The average Bonchev–Trinajstić information content (AvgIpc) is 3.02. The number of hydrogen-bond donors (Lipinski definition) is 1. The van der Waals surface area contributed by atoms with Gasteiger partial charge in [-0.2, -0.15) is 5.10 Å². The Morgan fingerprint density at radius 1 is 1.24 bits per heavy atom. The van der Waals surface area contributed by atoms with Crippen LogP contribution in [0.3, 0.4) is 0 Å². The van der Waals surface area contributed by atoms with Crippen molar-refractivity contribution in [1.82, 2.24) is 15.1 Å². The second-order valence-corrected chi connectivity index (χ2v) is 7.93. The molecule has 2 heterocycles. The first kappa shape index (κ1) is 20.8. The molecule has 1 fully saturated rings. The number of nitrogens with one attached hydrogen (secondary N) is 1. The van der Waals surface area contributed by atoms with Crippen molar-refractivity contribution in [2.75, 3.05) is 24.5 Å². The van der Waals surface area contributed by atoms with Gasteiger partial charge in [-0.3, -0.25) is 19.6 Å². The normalized spacial score (nSPS) is 15.2. The summed E-state index contributed by atoms with van der Waals surface area (Å²) in [4.78, 5) is 25.8. The topological polar surface area (TPSA) is 93.3 Å². The molecule has 1 amide bonds. The molecule has 29 heavy (non-hydrogen) atoms. The van der Waals surface area contributed by atoms with Gasteiger partial charge in [-0.1, -0.05) is 6.92 Å². The minimum atomic E-state index is -0.456. The lowest BCUT2D eigenvalue weighted by atomic mass is 10.1. The van der Waals surface area contributed by atoms with Gasteiger partial charge in [-0.25, -0.2) is 0 Å². The summed E-state index contributed by atoms with van der Waals surface area (Å²) < 4.78 is 1.94. The first-order valence-electron chi connectivity index (χ1n) is 10.2. The maximum atomic E-state index is 12.9. The molecule has 8 nitrogen and oxygen atoms in total. The van der Waals surface area contributed by atoms with Crippen LogP contribution in [0.1, 0.15) is 47.9 Å². The summed E-state index contributed by atoms with van der Waals surface area (Å²) >= 11 is 0. The monoisotopic (exact) mass is 399 g/mol. The number of aromatic nitrogens is 2. The Morgan fingerprint density at radius 2 is 1.97 bits per heavy atom. The Kier molecular flexibility index (Phi) is 6.51. The van der Waals surface area contributed by atoms with E-state index in [0.717, 1.165) is 43.0 Å². The number of amides is 1. The molecule has 1 saturated heterocycles. The Bertz CT molecular complexity index is 886. The second kappa shape index (κ2) is 9.07. The molecule has 0 spiro atoms. The van der Waals surface area contributed by atoms with E-state index in [1.54, 1.807) is 6.07 Å². The molecule has 1 atom stereocenters. The van der Waals surface area contributed by atoms with E-state index in [1.807, 2.05) is 24.6 Å². The predicted octanol–water partition coefficient (Wildman–Crippen LogP) is 3.46. The van der Waals surface area contributed by atoms with Gasteiger partial charge < -0.3 is 10.2 Å². The lowest BCUT2D eigenvalue weighted by molar-refractivity contribution is -0.384. The molecule has 1 aliphatic heterocycles. The molecule has 8 heteroatoms. The number of nitro groups is 1. The quantitative estimate of drug-likeness (QED) is 0.568. The van der Waals surface area contributed by atoms with Crippen LogP contribution in [-0.2, 0) is 6.54 Å². The fraction of sp³-hybridized carbons (Fsp3) is 0.524. The van der Waals surface area contributed by atoms with Crippen LogP contribution < -0.4 is 10.2 Å². The zero-order valence-electron chi connectivity index (χ0n) is 17.4. The third-order valence-corrected chi connectivity index (χ3v) is 5.33. The highest BCUT2D eigenvalue weighted by molar-refractivity contribution is 6.00. The van der Waals surface area contributed by atoms with E-state index in [4.69, 9.17) is 0 Å². The Labute approximate surface area is 171 Å². The number of carbonyl (C=O) groups is 1. The van der Waals surface area contributed by atoms with Gasteiger partial charge >= 0.3 is 0 Å². The van der Waals surface area contributed by atoms with Crippen LogP contribution in [0.5, 0.6) is 0 Å². The molecule has 0 radical (unpaired) electrons. The number of aryl methyl sites for hydroxylation is 2. The number of hydrogen-bond acceptors (Lipinski definition) is 5. The first-order valence-corrected chi connectivity index (χ1v) is 10.2. The Balaban J connectivity index is 1.71. The number of nitro benzene ring substituents is 1. The average molecular weight is 399 g/mol. The number of rotatable bonds is 7. The third-order valence-electron chi connectivity index (χ3n) is 5.33. The summed E-state index contributed by atoms with van der Waals surface area (Å²) in [6.45, 7) is 8.93. The fourth-order valence-corrected chi connectivity index (χ4v) is 3.81. The molecule has 0 saturated carbocycles. The summed E-state index contributed by atoms with van der Waals surface area (Å²) in [5.41, 5.74) is 3.15. The van der Waals surface area contributed by atoms with Gasteiger partial charge in [0.25, 0.3) is 11.6 Å². The number of piperidine rings is 1. The molecular weight excluding hydrogens is 370 g/mol. The van der Waals surface area contributed by atoms with Gasteiger partial charge in [-0.15, -0.1) is 0 Å². The van der Waals surface area contributed by atoms with E-state index in [-0.39, 0.29) is 17.5 Å². The molecule has 3 rings (SSSR count). The number of anilines is 1. The lowest BCUT2D eigenvalue weighted by Crippen LogP contribution is -2.34. The molecule has 1 aromatic heterocycles. The standard InChI is InChI=1S/C21H29N5O3/c1-15(14-25-17(3)11-16(2)23-25)13-22-21(27)19-12-18(26(28)29)7-8-20(19)24-9-5-4-6-10-24/h7-8,11-12,15H,4-6,9-10,13-14H2,1-3H3,(H,22,27). The van der Waals surface area contributed by atoms with Crippen LogP contribution in [0.25, 0.3) is 0 Å². The lowest BCUT2D eigenvalue weighted by Gasteiger charge is -2.30. The number of benzene rings is 1. The first-order chi connectivity index (χ1) is 13.8. The molecule has 1 N–H and O–H groups in total. The van der Waals surface area contributed by atoms with Crippen molar-refractivity contribution >= 4 is 17.3 Å². The van der Waals surface area contributed by atoms with Gasteiger partial charge in [0.05, 0.1) is 21.9 Å². The van der Waals surface area contributed by atoms with Crippen LogP contribution in [-0.4, -0.2) is 40.2 Å². The maximum absolute atomic E-state index is 12.9. The molecule has 156 valence electrons. The molecular formula is C21H29N5O3. The van der Waals surface area contributed by atoms with Crippen molar-refractivity contribution in [3.8, 4) is 0 Å². The van der Waals surface area contributed by atoms with Crippen LogP contribution in [0.2, 0.25) is 0 Å². The van der Waals surface area contributed by atoms with E-state index in [1.165, 1.54) is 18.6 Å². The fourth-order valence-electron chi connectivity index (χ4n) is 3.81. The van der Waals surface area contributed by atoms with Crippen LogP contribution in [0, 0.1) is 29.9 Å². The van der Waals surface area contributed by atoms with E-state index >= 15 is 0 Å². The van der Waals surface area contributed by atoms with E-state index < -0.39 is 4.92 Å². The SMILES string of the molecule is Cc1cc(C)n(CC(C)CNC(=O)c2cc([N+](=O)[O-])ccc2N2CCCCC2)n1. The molecule has 0 aliphatic carbocycles. The zero-order valence-corrected chi connectivity index (χ0v) is 17.4. The van der Waals surface area contributed by atoms with Crippen molar-refractivity contribution in [2.24, 2.45) is 5.92 Å². The van der Waals surface area contributed by atoms with Crippen LogP contribution in [0.15, 0.2) is 24.3 Å². The van der Waals surface area contributed by atoms with Crippen LogP contribution in [0.4, 0.5) is 11.4 Å². The van der Waals surface area contributed by atoms with Crippen molar-refractivity contribution in [3.63, 3.8) is 0 Å². The van der Waals surface area contributed by atoms with Crippen molar-refractivity contribution < 1.29 is 9.72 Å². The highest BCUT2D eigenvalue weighted by Crippen LogP contribution is 2.28. The van der Waals surface area contributed by atoms with Gasteiger partial charge in [0.15, 0.2) is 0 Å². The molecule has 1 aliphatic rings. The van der Waals surface area contributed by atoms with Gasteiger partial charge in [0.1, 0.15) is 0 Å². The Morgan fingerprint density at radius 3 is 2.59 bits per heavy atom. The van der Waals surface area contributed by atoms with E-state index in [2.05, 4.69) is 22.2 Å². The molecule has 1 aromatic carbocycles. The van der Waals surface area contributed by atoms with Crippen molar-refractivity contribution in [2.45, 2.75) is 46.6 Å². The summed E-state index contributed by atoms with van der Waals surface area (Å²) in [7, 11) is 0. The summed E-state index contributed by atoms with van der Waals surface area (Å²) in [5, 5.41) is 18.6. The highest BCUT2D eigenvalue weighted by Gasteiger charge is 2.22. The van der Waals surface area contributed by atoms with Gasteiger partial charge in [0.2, 0.25) is 0 Å². The number of carbonyl (C=O) groups excluding carboxylic acids is 1. The van der Waals surface area contributed by atoms with E-state index in [0.29, 0.717) is 18.7 Å². The smallest absolute Gasteiger partial charge is 0.270 e. The summed E-state index contributed by atoms with van der Waals surface area (Å²) in [6.07, 6.45) is 3.31. The predicted molar refractivity (Wildman–Crippen MR) is 112 cm³/mol. The Hall–Kier alpha value is -2.90. The minimum absolute atomic E-state index is 0.0633. The van der Waals surface area contributed by atoms with Crippen molar-refractivity contribution in [1.29, 1.82) is 0 Å². The van der Waals surface area contributed by atoms with Gasteiger partial charge in [-0.05, 0) is 51.2 Å². The summed E-state index contributed by atoms with van der Waals surface area (Å²) in [6, 6.07) is 6.61. The summed E-state index contributed by atoms with van der Waals surface area (Å²) in [5.74, 6) is -0.0939. The zero-order chi connectivity index (χ0) is 21.0. The maximum Gasteiger partial charge on any atom is 0.270 e. The largest absolute Gasteiger partial charge is 0.371 e. The van der Waals surface area contributed by atoms with Crippen LogP contribution >= 0.6 is 0 Å². The minimum Gasteiger partial charge on any atom is -0.371 e.